The summed E-state index contributed by atoms with van der Waals surface area (Å²) >= 11 is 6.06. The van der Waals surface area contributed by atoms with E-state index in [0.717, 1.165) is 42.9 Å². The summed E-state index contributed by atoms with van der Waals surface area (Å²) in [5.41, 5.74) is 1.78. The van der Waals surface area contributed by atoms with Gasteiger partial charge in [-0.25, -0.2) is 0 Å². The standard InChI is InChI=1S/C15H23ClN2O/c1-17-10-12-9-13(16)5-6-14(12)18(2)11-15(19)7-3-4-8-15/h5-6,9,17,19H,3-4,7-8,10-11H2,1-2H3. The minimum Gasteiger partial charge on any atom is -0.388 e. The van der Waals surface area contributed by atoms with Crippen LogP contribution in [-0.2, 0) is 6.54 Å². The molecule has 1 aliphatic carbocycles. The van der Waals surface area contributed by atoms with Crippen molar-refractivity contribution in [3.8, 4) is 0 Å². The monoisotopic (exact) mass is 282 g/mol. The molecule has 1 aromatic rings. The van der Waals surface area contributed by atoms with Crippen LogP contribution in [0.5, 0.6) is 0 Å². The fourth-order valence-corrected chi connectivity index (χ4v) is 3.17. The van der Waals surface area contributed by atoms with Crippen molar-refractivity contribution in [3.63, 3.8) is 0 Å². The first kappa shape index (κ1) is 14.6. The molecule has 0 heterocycles. The molecule has 1 saturated carbocycles. The van der Waals surface area contributed by atoms with Gasteiger partial charge in [-0.3, -0.25) is 0 Å². The van der Waals surface area contributed by atoms with Gasteiger partial charge in [0.05, 0.1) is 5.60 Å². The van der Waals surface area contributed by atoms with E-state index in [1.807, 2.05) is 32.3 Å². The quantitative estimate of drug-likeness (QED) is 0.872. The Balaban J connectivity index is 2.15. The van der Waals surface area contributed by atoms with E-state index in [4.69, 9.17) is 11.6 Å². The lowest BCUT2D eigenvalue weighted by molar-refractivity contribution is 0.0559. The van der Waals surface area contributed by atoms with Crippen molar-refractivity contribution in [1.82, 2.24) is 5.32 Å². The number of hydrogen-bond acceptors (Lipinski definition) is 3. The second-order valence-electron chi connectivity index (χ2n) is 5.59. The second kappa shape index (κ2) is 6.12. The summed E-state index contributed by atoms with van der Waals surface area (Å²) in [6, 6.07) is 5.93. The van der Waals surface area contributed by atoms with Crippen molar-refractivity contribution in [1.29, 1.82) is 0 Å². The van der Waals surface area contributed by atoms with Gasteiger partial charge in [-0.05, 0) is 43.7 Å². The third kappa shape index (κ3) is 3.62. The molecule has 0 radical (unpaired) electrons. The Morgan fingerprint density at radius 1 is 1.37 bits per heavy atom. The van der Waals surface area contributed by atoms with E-state index < -0.39 is 5.60 Å². The molecule has 3 nitrogen and oxygen atoms in total. The van der Waals surface area contributed by atoms with Gasteiger partial charge in [-0.2, -0.15) is 0 Å². The highest BCUT2D eigenvalue weighted by atomic mass is 35.5. The van der Waals surface area contributed by atoms with Crippen LogP contribution in [0.25, 0.3) is 0 Å². The highest BCUT2D eigenvalue weighted by molar-refractivity contribution is 6.30. The minimum atomic E-state index is -0.523. The van der Waals surface area contributed by atoms with Gasteiger partial charge in [0.1, 0.15) is 0 Å². The number of hydrogen-bond donors (Lipinski definition) is 2. The van der Waals surface area contributed by atoms with Crippen LogP contribution in [-0.4, -0.2) is 31.3 Å². The maximum Gasteiger partial charge on any atom is 0.0821 e. The third-order valence-corrected chi connectivity index (χ3v) is 4.12. The number of anilines is 1. The number of likely N-dealkylation sites (N-methyl/N-ethyl adjacent to an activating group) is 1. The van der Waals surface area contributed by atoms with Crippen LogP contribution in [0.1, 0.15) is 31.2 Å². The Labute approximate surface area is 120 Å². The van der Waals surface area contributed by atoms with Crippen LogP contribution >= 0.6 is 11.6 Å². The van der Waals surface area contributed by atoms with Crippen molar-refractivity contribution in [2.75, 3.05) is 25.5 Å². The van der Waals surface area contributed by atoms with Crippen LogP contribution in [0.3, 0.4) is 0 Å². The van der Waals surface area contributed by atoms with Crippen molar-refractivity contribution in [3.05, 3.63) is 28.8 Å². The molecular formula is C15H23ClN2O. The second-order valence-corrected chi connectivity index (χ2v) is 6.03. The molecule has 1 fully saturated rings. The van der Waals surface area contributed by atoms with Gasteiger partial charge < -0.3 is 15.3 Å². The van der Waals surface area contributed by atoms with Gasteiger partial charge >= 0.3 is 0 Å². The normalized spacial score (nSPS) is 17.7. The third-order valence-electron chi connectivity index (χ3n) is 3.89. The fraction of sp³-hybridized carbons (Fsp3) is 0.600. The number of benzene rings is 1. The average Bonchev–Trinajstić information content (AvgIpc) is 2.76. The first-order chi connectivity index (χ1) is 9.04. The van der Waals surface area contributed by atoms with Gasteiger partial charge in [0.15, 0.2) is 0 Å². The van der Waals surface area contributed by atoms with Gasteiger partial charge in [-0.1, -0.05) is 24.4 Å². The van der Waals surface area contributed by atoms with Gasteiger partial charge in [0, 0.05) is 30.8 Å². The lowest BCUT2D eigenvalue weighted by atomic mass is 10.0. The number of nitrogens with zero attached hydrogens (tertiary/aromatic N) is 1. The van der Waals surface area contributed by atoms with Crippen LogP contribution in [0.4, 0.5) is 5.69 Å². The Kier molecular flexibility index (Phi) is 4.71. The molecule has 0 spiro atoms. The summed E-state index contributed by atoms with van der Waals surface area (Å²) in [5.74, 6) is 0. The molecule has 0 bridgehead atoms. The van der Waals surface area contributed by atoms with Crippen LogP contribution < -0.4 is 10.2 Å². The molecule has 19 heavy (non-hydrogen) atoms. The van der Waals surface area contributed by atoms with Gasteiger partial charge in [0.25, 0.3) is 0 Å². The molecule has 1 aromatic carbocycles. The van der Waals surface area contributed by atoms with E-state index in [-0.39, 0.29) is 0 Å². The molecule has 0 saturated heterocycles. The zero-order chi connectivity index (χ0) is 13.9. The molecular weight excluding hydrogens is 260 g/mol. The minimum absolute atomic E-state index is 0.523. The van der Waals surface area contributed by atoms with E-state index in [2.05, 4.69) is 10.2 Å². The topological polar surface area (TPSA) is 35.5 Å². The Bertz CT molecular complexity index is 430. The molecule has 0 unspecified atom stereocenters. The molecule has 0 aliphatic heterocycles. The first-order valence-electron chi connectivity index (χ1n) is 6.91. The lowest BCUT2D eigenvalue weighted by Gasteiger charge is -2.31. The van der Waals surface area contributed by atoms with Gasteiger partial charge in [-0.15, -0.1) is 0 Å². The van der Waals surface area contributed by atoms with Crippen molar-refractivity contribution in [2.45, 2.75) is 37.8 Å². The van der Waals surface area contributed by atoms with E-state index in [1.54, 1.807) is 0 Å². The zero-order valence-corrected chi connectivity index (χ0v) is 12.5. The molecule has 106 valence electrons. The van der Waals surface area contributed by atoms with E-state index in [0.29, 0.717) is 6.54 Å². The molecule has 1 aliphatic rings. The number of nitrogens with one attached hydrogen (secondary N) is 1. The van der Waals surface area contributed by atoms with Crippen LogP contribution in [0.15, 0.2) is 18.2 Å². The Morgan fingerprint density at radius 3 is 2.68 bits per heavy atom. The lowest BCUT2D eigenvalue weighted by Crippen LogP contribution is -2.39. The molecule has 2 rings (SSSR count). The van der Waals surface area contributed by atoms with E-state index in [1.165, 1.54) is 5.56 Å². The van der Waals surface area contributed by atoms with Crippen molar-refractivity contribution in [2.24, 2.45) is 0 Å². The Morgan fingerprint density at radius 2 is 2.05 bits per heavy atom. The summed E-state index contributed by atoms with van der Waals surface area (Å²) < 4.78 is 0. The number of aliphatic hydroxyl groups is 1. The summed E-state index contributed by atoms with van der Waals surface area (Å²) in [6.07, 6.45) is 4.08. The predicted molar refractivity (Wildman–Crippen MR) is 80.9 cm³/mol. The predicted octanol–water partition coefficient (Wildman–Crippen LogP) is 2.80. The Hall–Kier alpha value is -0.770. The summed E-state index contributed by atoms with van der Waals surface area (Å²) in [6.45, 7) is 1.46. The fourth-order valence-electron chi connectivity index (χ4n) is 2.98. The van der Waals surface area contributed by atoms with Gasteiger partial charge in [0.2, 0.25) is 0 Å². The summed E-state index contributed by atoms with van der Waals surface area (Å²) in [4.78, 5) is 2.15. The number of halogens is 1. The highest BCUT2D eigenvalue weighted by Gasteiger charge is 2.32. The van der Waals surface area contributed by atoms with Crippen LogP contribution in [0.2, 0.25) is 5.02 Å². The van der Waals surface area contributed by atoms with Crippen LogP contribution in [0, 0.1) is 0 Å². The largest absolute Gasteiger partial charge is 0.388 e. The number of rotatable bonds is 5. The maximum absolute atomic E-state index is 10.5. The first-order valence-corrected chi connectivity index (χ1v) is 7.28. The van der Waals surface area contributed by atoms with Crippen molar-refractivity contribution < 1.29 is 5.11 Å². The molecule has 4 heteroatoms. The smallest absolute Gasteiger partial charge is 0.0821 e. The van der Waals surface area contributed by atoms with Crippen molar-refractivity contribution >= 4 is 17.3 Å². The zero-order valence-electron chi connectivity index (χ0n) is 11.7. The van der Waals surface area contributed by atoms with E-state index >= 15 is 0 Å². The SMILES string of the molecule is CNCc1cc(Cl)ccc1N(C)CC1(O)CCCC1. The highest BCUT2D eigenvalue weighted by Crippen LogP contribution is 2.32. The molecule has 0 amide bonds. The molecule has 0 aromatic heterocycles. The maximum atomic E-state index is 10.5. The molecule has 2 N–H and O–H groups in total. The molecule has 0 atom stereocenters. The van der Waals surface area contributed by atoms with E-state index in [9.17, 15) is 5.11 Å². The average molecular weight is 283 g/mol. The summed E-state index contributed by atoms with van der Waals surface area (Å²) in [7, 11) is 3.97. The summed E-state index contributed by atoms with van der Waals surface area (Å²) in [5, 5.41) is 14.4.